The van der Waals surface area contributed by atoms with Crippen molar-refractivity contribution in [2.45, 2.75) is 39.0 Å². The normalized spacial score (nSPS) is 33.1. The maximum Gasteiger partial charge on any atom is 0.120 e. The van der Waals surface area contributed by atoms with Crippen LogP contribution in [0.15, 0.2) is 11.1 Å². The summed E-state index contributed by atoms with van der Waals surface area (Å²) in [5.74, 6) is 1.74. The maximum absolute atomic E-state index is 10.3. The first-order valence-corrected chi connectivity index (χ1v) is 4.96. The highest BCUT2D eigenvalue weighted by molar-refractivity contribution is 5.50. The summed E-state index contributed by atoms with van der Waals surface area (Å²) in [5.41, 5.74) is 3.24. The molecule has 1 saturated carbocycles. The van der Waals surface area contributed by atoms with Crippen LogP contribution in [0.2, 0.25) is 0 Å². The Hall–Kier alpha value is -0.590. The van der Waals surface area contributed by atoms with Gasteiger partial charge in [0.1, 0.15) is 6.29 Å². The first-order valence-electron chi connectivity index (χ1n) is 4.96. The van der Waals surface area contributed by atoms with E-state index >= 15 is 0 Å². The third kappa shape index (κ3) is 1.12. The van der Waals surface area contributed by atoms with Gasteiger partial charge >= 0.3 is 0 Å². The van der Waals surface area contributed by atoms with Crippen molar-refractivity contribution in [1.29, 1.82) is 0 Å². The molecule has 2 atom stereocenters. The van der Waals surface area contributed by atoms with Crippen LogP contribution in [-0.2, 0) is 4.79 Å². The first-order chi connectivity index (χ1) is 5.83. The van der Waals surface area contributed by atoms with Gasteiger partial charge in [-0.05, 0) is 44.4 Å². The summed E-state index contributed by atoms with van der Waals surface area (Å²) >= 11 is 0. The Labute approximate surface area is 73.8 Å². The van der Waals surface area contributed by atoms with Gasteiger partial charge in [0.25, 0.3) is 0 Å². The van der Waals surface area contributed by atoms with Crippen LogP contribution in [0.1, 0.15) is 39.0 Å². The van der Waals surface area contributed by atoms with E-state index in [0.29, 0.717) is 0 Å². The van der Waals surface area contributed by atoms with Crippen molar-refractivity contribution in [3.8, 4) is 0 Å². The molecule has 0 aliphatic heterocycles. The van der Waals surface area contributed by atoms with Crippen molar-refractivity contribution in [3.63, 3.8) is 0 Å². The number of fused-ring (bicyclic) bond motifs is 2. The zero-order valence-corrected chi connectivity index (χ0v) is 7.68. The molecule has 2 unspecified atom stereocenters. The minimum absolute atomic E-state index is 0.732. The molecule has 0 aromatic heterocycles. The highest BCUT2D eigenvalue weighted by atomic mass is 16.1. The molecule has 0 amide bonds. The summed E-state index contributed by atoms with van der Waals surface area (Å²) in [6, 6.07) is 0. The molecular weight excluding hydrogens is 148 g/mol. The van der Waals surface area contributed by atoms with Gasteiger partial charge in [-0.15, -0.1) is 0 Å². The predicted molar refractivity (Wildman–Crippen MR) is 48.8 cm³/mol. The molecule has 0 N–H and O–H groups in total. The van der Waals surface area contributed by atoms with Crippen LogP contribution < -0.4 is 0 Å². The number of hydrogen-bond acceptors (Lipinski definition) is 1. The fraction of sp³-hybridized carbons (Fsp3) is 0.727. The lowest BCUT2D eigenvalue weighted by molar-refractivity contribution is -0.107. The molecule has 66 valence electrons. The minimum Gasteiger partial charge on any atom is -0.303 e. The second-order valence-electron chi connectivity index (χ2n) is 4.12. The number of carbonyl (C=O) groups excluding carboxylic acids is 1. The molecule has 0 spiro atoms. The Kier molecular flexibility index (Phi) is 2.03. The van der Waals surface area contributed by atoms with E-state index in [9.17, 15) is 4.79 Å². The molecular formula is C11H16O. The van der Waals surface area contributed by atoms with Gasteiger partial charge in [-0.25, -0.2) is 0 Å². The van der Waals surface area contributed by atoms with Crippen LogP contribution in [0.4, 0.5) is 0 Å². The topological polar surface area (TPSA) is 17.1 Å². The Morgan fingerprint density at radius 1 is 1.42 bits per heavy atom. The number of rotatable bonds is 3. The summed E-state index contributed by atoms with van der Waals surface area (Å²) in [6.45, 7) is 2.27. The average Bonchev–Trinajstić information content (AvgIpc) is 2.62. The lowest BCUT2D eigenvalue weighted by atomic mass is 9.90. The third-order valence-corrected chi connectivity index (χ3v) is 3.58. The van der Waals surface area contributed by atoms with Gasteiger partial charge in [-0.1, -0.05) is 11.1 Å². The van der Waals surface area contributed by atoms with Gasteiger partial charge in [-0.2, -0.15) is 0 Å². The number of hydrogen-bond donors (Lipinski definition) is 0. The van der Waals surface area contributed by atoms with Crippen molar-refractivity contribution >= 4 is 6.29 Å². The zero-order chi connectivity index (χ0) is 8.55. The molecule has 0 aromatic rings. The van der Waals surface area contributed by atoms with E-state index in [0.717, 1.165) is 31.0 Å². The van der Waals surface area contributed by atoms with E-state index in [1.54, 1.807) is 11.1 Å². The molecule has 2 aliphatic rings. The minimum atomic E-state index is 0.732. The Balaban J connectivity index is 2.08. The molecule has 0 heterocycles. The van der Waals surface area contributed by atoms with Gasteiger partial charge < -0.3 is 4.79 Å². The number of carbonyl (C=O) groups is 1. The van der Waals surface area contributed by atoms with Gasteiger partial charge in [0.15, 0.2) is 0 Å². The van der Waals surface area contributed by atoms with Crippen LogP contribution in [0.3, 0.4) is 0 Å². The van der Waals surface area contributed by atoms with Crippen molar-refractivity contribution in [1.82, 2.24) is 0 Å². The van der Waals surface area contributed by atoms with E-state index in [-0.39, 0.29) is 0 Å². The largest absolute Gasteiger partial charge is 0.303 e. The standard InChI is InChI=1S/C11H16O/c1-8-9-4-5-10(7-9)11(8)3-2-6-12/h6,9-10H,2-5,7H2,1H3. The number of aldehydes is 1. The Morgan fingerprint density at radius 3 is 2.75 bits per heavy atom. The van der Waals surface area contributed by atoms with E-state index < -0.39 is 0 Å². The summed E-state index contributed by atoms with van der Waals surface area (Å²) < 4.78 is 0. The van der Waals surface area contributed by atoms with Crippen molar-refractivity contribution in [3.05, 3.63) is 11.1 Å². The second kappa shape index (κ2) is 3.04. The monoisotopic (exact) mass is 164 g/mol. The lowest BCUT2D eigenvalue weighted by Crippen LogP contribution is -2.01. The van der Waals surface area contributed by atoms with Gasteiger partial charge in [-0.3, -0.25) is 0 Å². The van der Waals surface area contributed by atoms with Gasteiger partial charge in [0, 0.05) is 6.42 Å². The molecule has 1 fully saturated rings. The molecule has 1 nitrogen and oxygen atoms in total. The van der Waals surface area contributed by atoms with Crippen LogP contribution in [0, 0.1) is 11.8 Å². The van der Waals surface area contributed by atoms with E-state index in [1.165, 1.54) is 19.3 Å². The smallest absolute Gasteiger partial charge is 0.120 e. The molecule has 2 bridgehead atoms. The summed E-state index contributed by atoms with van der Waals surface area (Å²) in [5, 5.41) is 0. The molecule has 2 rings (SSSR count). The second-order valence-corrected chi connectivity index (χ2v) is 4.12. The summed E-state index contributed by atoms with van der Waals surface area (Å²) in [4.78, 5) is 10.3. The molecule has 12 heavy (non-hydrogen) atoms. The lowest BCUT2D eigenvalue weighted by Gasteiger charge is -2.15. The molecule has 0 aromatic carbocycles. The van der Waals surface area contributed by atoms with Gasteiger partial charge in [0.05, 0.1) is 0 Å². The van der Waals surface area contributed by atoms with Crippen molar-refractivity contribution in [2.75, 3.05) is 0 Å². The highest BCUT2D eigenvalue weighted by Gasteiger charge is 2.35. The summed E-state index contributed by atoms with van der Waals surface area (Å²) in [7, 11) is 0. The zero-order valence-electron chi connectivity index (χ0n) is 7.68. The predicted octanol–water partition coefficient (Wildman–Crippen LogP) is 2.71. The summed E-state index contributed by atoms with van der Waals surface area (Å²) in [6.07, 6.45) is 7.00. The van der Waals surface area contributed by atoms with Crippen LogP contribution in [-0.4, -0.2) is 6.29 Å². The first kappa shape index (κ1) is 8.03. The maximum atomic E-state index is 10.3. The van der Waals surface area contributed by atoms with Gasteiger partial charge in [0.2, 0.25) is 0 Å². The van der Waals surface area contributed by atoms with Crippen LogP contribution in [0.5, 0.6) is 0 Å². The van der Waals surface area contributed by atoms with E-state index in [4.69, 9.17) is 0 Å². The van der Waals surface area contributed by atoms with Crippen molar-refractivity contribution < 1.29 is 4.79 Å². The van der Waals surface area contributed by atoms with E-state index in [2.05, 4.69) is 6.92 Å². The molecule has 2 aliphatic carbocycles. The Bertz CT molecular complexity index is 227. The molecule has 1 heteroatoms. The quantitative estimate of drug-likeness (QED) is 0.463. The number of allylic oxidation sites excluding steroid dienone is 2. The fourth-order valence-corrected chi connectivity index (χ4v) is 2.89. The Morgan fingerprint density at radius 2 is 2.17 bits per heavy atom. The van der Waals surface area contributed by atoms with Crippen molar-refractivity contribution in [2.24, 2.45) is 11.8 Å². The fourth-order valence-electron chi connectivity index (χ4n) is 2.89. The SMILES string of the molecule is CC1=C(CCC=O)C2CCC1C2. The van der Waals surface area contributed by atoms with Crippen LogP contribution >= 0.6 is 0 Å². The third-order valence-electron chi connectivity index (χ3n) is 3.58. The highest BCUT2D eigenvalue weighted by Crippen LogP contribution is 2.49. The van der Waals surface area contributed by atoms with E-state index in [1.807, 2.05) is 0 Å². The molecule has 0 radical (unpaired) electrons. The average molecular weight is 164 g/mol. The molecule has 0 saturated heterocycles. The van der Waals surface area contributed by atoms with Crippen LogP contribution in [0.25, 0.3) is 0 Å².